The van der Waals surface area contributed by atoms with Gasteiger partial charge in [0.25, 0.3) is 5.91 Å². The van der Waals surface area contributed by atoms with E-state index in [0.717, 1.165) is 49.4 Å². The zero-order valence-electron chi connectivity index (χ0n) is 17.0. The maximum Gasteiger partial charge on any atom is 0.276 e. The quantitative estimate of drug-likeness (QED) is 0.596. The second-order valence-electron chi connectivity index (χ2n) is 8.02. The third-order valence-electron chi connectivity index (χ3n) is 6.03. The molecule has 8 heteroatoms. The molecule has 30 heavy (non-hydrogen) atoms. The van der Waals surface area contributed by atoms with E-state index in [1.54, 1.807) is 13.2 Å². The zero-order chi connectivity index (χ0) is 20.5. The Morgan fingerprint density at radius 1 is 1.23 bits per heavy atom. The van der Waals surface area contributed by atoms with Crippen molar-refractivity contribution in [3.63, 3.8) is 0 Å². The van der Waals surface area contributed by atoms with Crippen LogP contribution in [0.2, 0.25) is 0 Å². The summed E-state index contributed by atoms with van der Waals surface area (Å²) >= 11 is 0. The highest BCUT2D eigenvalue weighted by Gasteiger charge is 2.32. The molecule has 156 valence electrons. The first kappa shape index (κ1) is 18.8. The second kappa shape index (κ2) is 7.93. The van der Waals surface area contributed by atoms with E-state index < -0.39 is 0 Å². The number of carbonyl (C=O) groups excluding carboxylic acids is 1. The van der Waals surface area contributed by atoms with Gasteiger partial charge in [0.15, 0.2) is 11.5 Å². The molecule has 1 aliphatic heterocycles. The van der Waals surface area contributed by atoms with Crippen molar-refractivity contribution in [1.29, 1.82) is 0 Å². The van der Waals surface area contributed by atoms with Crippen LogP contribution in [0.1, 0.15) is 54.5 Å². The number of ether oxygens (including phenoxy) is 1. The van der Waals surface area contributed by atoms with E-state index in [4.69, 9.17) is 9.26 Å². The molecule has 3 heterocycles. The van der Waals surface area contributed by atoms with Gasteiger partial charge in [-0.3, -0.25) is 4.79 Å². The molecular weight excluding hydrogens is 382 g/mol. The fourth-order valence-corrected chi connectivity index (χ4v) is 4.22. The lowest BCUT2D eigenvalue weighted by atomic mass is 10.1. The van der Waals surface area contributed by atoms with Gasteiger partial charge in [0, 0.05) is 36.7 Å². The molecule has 0 radical (unpaired) electrons. The third kappa shape index (κ3) is 3.69. The zero-order valence-corrected chi connectivity index (χ0v) is 17.0. The van der Waals surface area contributed by atoms with Gasteiger partial charge in [-0.2, -0.15) is 0 Å². The van der Waals surface area contributed by atoms with Crippen LogP contribution in [0.4, 0.5) is 0 Å². The number of rotatable bonds is 7. The number of methoxy groups -OCH3 is 1. The summed E-state index contributed by atoms with van der Waals surface area (Å²) in [6.07, 6.45) is 7.99. The molecule has 2 aliphatic rings. The van der Waals surface area contributed by atoms with Gasteiger partial charge >= 0.3 is 0 Å². The fourth-order valence-electron chi connectivity index (χ4n) is 4.22. The second-order valence-corrected chi connectivity index (χ2v) is 8.02. The molecule has 2 fully saturated rings. The molecule has 1 aromatic carbocycles. The Kier molecular flexibility index (Phi) is 4.98. The molecule has 0 N–H and O–H groups in total. The Hall–Kier alpha value is -3.16. The number of benzene rings is 1. The van der Waals surface area contributed by atoms with Crippen LogP contribution in [0, 0.1) is 0 Å². The number of carbonyl (C=O) groups is 1. The van der Waals surface area contributed by atoms with Crippen LogP contribution in [0.25, 0.3) is 11.3 Å². The predicted octanol–water partition coefficient (Wildman–Crippen LogP) is 3.51. The van der Waals surface area contributed by atoms with Gasteiger partial charge in [0.05, 0.1) is 7.11 Å². The average Bonchev–Trinajstić information content (AvgIpc) is 3.18. The van der Waals surface area contributed by atoms with E-state index >= 15 is 0 Å². The van der Waals surface area contributed by atoms with Gasteiger partial charge in [-0.15, -0.1) is 10.2 Å². The van der Waals surface area contributed by atoms with Crippen LogP contribution in [0.3, 0.4) is 0 Å². The Morgan fingerprint density at radius 3 is 2.83 bits per heavy atom. The maximum absolute atomic E-state index is 13.1. The van der Waals surface area contributed by atoms with E-state index in [-0.39, 0.29) is 11.9 Å². The van der Waals surface area contributed by atoms with Crippen molar-refractivity contribution in [1.82, 2.24) is 24.8 Å². The number of nitrogens with zero attached hydrogens (tertiary/aromatic N) is 5. The summed E-state index contributed by atoms with van der Waals surface area (Å²) in [4.78, 5) is 15.0. The SMILES string of the molecule is COc1ccc(-c2cc(C(=O)N3CCCC3CCc3nncn3C3CC3)no2)cc1. The van der Waals surface area contributed by atoms with Gasteiger partial charge in [0.1, 0.15) is 17.9 Å². The molecule has 8 nitrogen and oxygen atoms in total. The lowest BCUT2D eigenvalue weighted by Gasteiger charge is -2.23. The monoisotopic (exact) mass is 407 g/mol. The average molecular weight is 407 g/mol. The lowest BCUT2D eigenvalue weighted by Crippen LogP contribution is -2.36. The first-order valence-corrected chi connectivity index (χ1v) is 10.5. The highest BCUT2D eigenvalue weighted by Crippen LogP contribution is 2.35. The number of hydrogen-bond acceptors (Lipinski definition) is 6. The maximum atomic E-state index is 13.1. The Balaban J connectivity index is 1.25. The van der Waals surface area contributed by atoms with Crippen molar-refractivity contribution in [2.45, 2.75) is 50.6 Å². The number of hydrogen-bond donors (Lipinski definition) is 0. The molecule has 1 unspecified atom stereocenters. The molecule has 3 aromatic rings. The minimum absolute atomic E-state index is 0.0651. The summed E-state index contributed by atoms with van der Waals surface area (Å²) in [6, 6.07) is 9.99. The molecular formula is C22H25N5O3. The molecule has 1 saturated heterocycles. The van der Waals surface area contributed by atoms with Crippen LogP contribution in [-0.2, 0) is 6.42 Å². The van der Waals surface area contributed by atoms with Crippen molar-refractivity contribution >= 4 is 5.91 Å². The van der Waals surface area contributed by atoms with Gasteiger partial charge in [-0.05, 0) is 56.4 Å². The summed E-state index contributed by atoms with van der Waals surface area (Å²) in [6.45, 7) is 0.754. The van der Waals surface area contributed by atoms with Crippen molar-refractivity contribution < 1.29 is 14.1 Å². The first-order chi connectivity index (χ1) is 14.7. The summed E-state index contributed by atoms with van der Waals surface area (Å²) in [5.41, 5.74) is 1.22. The van der Waals surface area contributed by atoms with E-state index in [0.29, 0.717) is 17.5 Å². The lowest BCUT2D eigenvalue weighted by molar-refractivity contribution is 0.0719. The highest BCUT2D eigenvalue weighted by molar-refractivity contribution is 5.93. The molecule has 1 amide bonds. The van der Waals surface area contributed by atoms with E-state index in [9.17, 15) is 4.79 Å². The number of aryl methyl sites for hydroxylation is 1. The largest absolute Gasteiger partial charge is 0.497 e. The number of aromatic nitrogens is 4. The van der Waals surface area contributed by atoms with E-state index in [1.807, 2.05) is 35.5 Å². The smallest absolute Gasteiger partial charge is 0.276 e. The molecule has 2 aromatic heterocycles. The van der Waals surface area contributed by atoms with Crippen LogP contribution < -0.4 is 4.74 Å². The fraction of sp³-hybridized carbons (Fsp3) is 0.455. The number of likely N-dealkylation sites (tertiary alicyclic amines) is 1. The molecule has 5 rings (SSSR count). The third-order valence-corrected chi connectivity index (χ3v) is 6.03. The van der Waals surface area contributed by atoms with Crippen molar-refractivity contribution in [2.24, 2.45) is 0 Å². The van der Waals surface area contributed by atoms with Gasteiger partial charge < -0.3 is 18.7 Å². The summed E-state index contributed by atoms with van der Waals surface area (Å²) < 4.78 is 12.8. The highest BCUT2D eigenvalue weighted by atomic mass is 16.5. The van der Waals surface area contributed by atoms with Crippen LogP contribution in [-0.4, -0.2) is 50.4 Å². The molecule has 0 spiro atoms. The Morgan fingerprint density at radius 2 is 2.07 bits per heavy atom. The molecule has 1 aliphatic carbocycles. The van der Waals surface area contributed by atoms with Crippen molar-refractivity contribution in [3.8, 4) is 17.1 Å². The molecule has 1 saturated carbocycles. The Labute approximate surface area is 174 Å². The van der Waals surface area contributed by atoms with Crippen molar-refractivity contribution in [3.05, 3.63) is 48.2 Å². The summed E-state index contributed by atoms with van der Waals surface area (Å²) in [5, 5.41) is 12.4. The van der Waals surface area contributed by atoms with Crippen LogP contribution in [0.15, 0.2) is 41.2 Å². The topological polar surface area (TPSA) is 86.3 Å². The van der Waals surface area contributed by atoms with Crippen LogP contribution in [0.5, 0.6) is 5.75 Å². The minimum atomic E-state index is -0.0651. The molecule has 0 bridgehead atoms. The summed E-state index contributed by atoms with van der Waals surface area (Å²) in [7, 11) is 1.63. The van der Waals surface area contributed by atoms with Crippen molar-refractivity contribution in [2.75, 3.05) is 13.7 Å². The van der Waals surface area contributed by atoms with Gasteiger partial charge in [-0.25, -0.2) is 0 Å². The van der Waals surface area contributed by atoms with E-state index in [1.165, 1.54) is 12.8 Å². The van der Waals surface area contributed by atoms with Gasteiger partial charge in [-0.1, -0.05) is 5.16 Å². The summed E-state index contributed by atoms with van der Waals surface area (Å²) in [5.74, 6) is 2.31. The normalized spacial score (nSPS) is 18.7. The predicted molar refractivity (Wildman–Crippen MR) is 109 cm³/mol. The molecule has 1 atom stereocenters. The Bertz CT molecular complexity index is 1020. The van der Waals surface area contributed by atoms with Gasteiger partial charge in [0.2, 0.25) is 0 Å². The standard InChI is InChI=1S/C22H25N5O3/c1-29-18-9-4-15(5-10-18)20-13-19(25-30-20)22(28)26-12-2-3-16(26)8-11-21-24-23-14-27(21)17-6-7-17/h4-5,9-10,13-14,16-17H,2-3,6-8,11-12H2,1H3. The minimum Gasteiger partial charge on any atom is -0.497 e. The number of amides is 1. The first-order valence-electron chi connectivity index (χ1n) is 10.5. The van der Waals surface area contributed by atoms with E-state index in [2.05, 4.69) is 19.9 Å². The van der Waals surface area contributed by atoms with Crippen LogP contribution >= 0.6 is 0 Å².